The van der Waals surface area contributed by atoms with Crippen molar-refractivity contribution in [2.24, 2.45) is 0 Å². The minimum absolute atomic E-state index is 0.630. The molecule has 0 radical (unpaired) electrons. The first-order chi connectivity index (χ1) is 4.25. The molecule has 0 bridgehead atoms. The maximum absolute atomic E-state index is 5.68. The summed E-state index contributed by atoms with van der Waals surface area (Å²) < 4.78 is 9.50. The van der Waals surface area contributed by atoms with Gasteiger partial charge >= 0.3 is 0 Å². The molecule has 0 aliphatic rings. The Labute approximate surface area is 62.6 Å². The van der Waals surface area contributed by atoms with Crippen LogP contribution in [0.25, 0.3) is 0 Å². The van der Waals surface area contributed by atoms with Gasteiger partial charge < -0.3 is 4.74 Å². The third-order valence-electron chi connectivity index (χ3n) is 1.02. The molecule has 0 unspecified atom stereocenters. The van der Waals surface area contributed by atoms with Gasteiger partial charge in [0, 0.05) is 5.56 Å². The van der Waals surface area contributed by atoms with Crippen LogP contribution in [0.4, 0.5) is 0 Å². The smallest absolute Gasteiger partial charge is 0.229 e. The molecule has 0 aromatic carbocycles. The van der Waals surface area contributed by atoms with E-state index in [1.54, 1.807) is 7.11 Å². The zero-order valence-electron chi connectivity index (χ0n) is 5.14. The van der Waals surface area contributed by atoms with E-state index in [2.05, 4.69) is 4.37 Å². The van der Waals surface area contributed by atoms with Crippen LogP contribution in [0.15, 0.2) is 0 Å². The Bertz CT molecular complexity index is 211. The number of aromatic nitrogens is 1. The van der Waals surface area contributed by atoms with E-state index in [1.807, 2.05) is 6.92 Å². The van der Waals surface area contributed by atoms with Crippen LogP contribution in [0.2, 0.25) is 4.34 Å². The monoisotopic (exact) mass is 163 g/mol. The molecule has 0 saturated heterocycles. The Morgan fingerprint density at radius 1 is 1.67 bits per heavy atom. The highest BCUT2D eigenvalue weighted by Gasteiger charge is 2.05. The average molecular weight is 164 g/mol. The van der Waals surface area contributed by atoms with Gasteiger partial charge in [0.25, 0.3) is 0 Å². The molecule has 0 N–H and O–H groups in total. The first-order valence-electron chi connectivity index (χ1n) is 2.41. The molecule has 50 valence electrons. The molecule has 0 spiro atoms. The van der Waals surface area contributed by atoms with Gasteiger partial charge in [0.15, 0.2) is 0 Å². The quantitative estimate of drug-likeness (QED) is 0.633. The van der Waals surface area contributed by atoms with Crippen LogP contribution in [0.3, 0.4) is 0 Å². The molecular formula is C5H6ClNOS. The van der Waals surface area contributed by atoms with Gasteiger partial charge in [-0.15, -0.1) is 0 Å². The van der Waals surface area contributed by atoms with Crippen molar-refractivity contribution in [3.05, 3.63) is 9.90 Å². The predicted molar refractivity (Wildman–Crippen MR) is 38.4 cm³/mol. The molecule has 4 heteroatoms. The van der Waals surface area contributed by atoms with Crippen LogP contribution < -0.4 is 4.74 Å². The third-order valence-corrected chi connectivity index (χ3v) is 2.23. The van der Waals surface area contributed by atoms with E-state index in [4.69, 9.17) is 16.3 Å². The summed E-state index contributed by atoms with van der Waals surface area (Å²) in [5, 5.41) is 0. The standard InChI is InChI=1S/C5H6ClNOS/c1-3-4(6)9-7-5(3)8-2/h1-2H3. The Morgan fingerprint density at radius 2 is 2.33 bits per heavy atom. The fourth-order valence-corrected chi connectivity index (χ4v) is 1.28. The number of hydrogen-bond acceptors (Lipinski definition) is 3. The zero-order chi connectivity index (χ0) is 6.85. The number of hydrogen-bond donors (Lipinski definition) is 0. The third kappa shape index (κ3) is 1.17. The minimum Gasteiger partial charge on any atom is -0.480 e. The van der Waals surface area contributed by atoms with Crippen molar-refractivity contribution in [1.29, 1.82) is 0 Å². The van der Waals surface area contributed by atoms with Gasteiger partial charge in [-0.3, -0.25) is 0 Å². The van der Waals surface area contributed by atoms with E-state index in [9.17, 15) is 0 Å². The molecular weight excluding hydrogens is 158 g/mol. The highest BCUT2D eigenvalue weighted by molar-refractivity contribution is 7.10. The lowest BCUT2D eigenvalue weighted by molar-refractivity contribution is 0.399. The first kappa shape index (κ1) is 6.83. The Morgan fingerprint density at radius 3 is 2.56 bits per heavy atom. The van der Waals surface area contributed by atoms with Gasteiger partial charge in [0.2, 0.25) is 5.88 Å². The lowest BCUT2D eigenvalue weighted by atomic mass is 10.4. The first-order valence-corrected chi connectivity index (χ1v) is 3.56. The molecule has 0 saturated carbocycles. The highest BCUT2D eigenvalue weighted by Crippen LogP contribution is 2.27. The van der Waals surface area contributed by atoms with Crippen molar-refractivity contribution in [3.63, 3.8) is 0 Å². The number of rotatable bonds is 1. The van der Waals surface area contributed by atoms with E-state index >= 15 is 0 Å². The largest absolute Gasteiger partial charge is 0.480 e. The van der Waals surface area contributed by atoms with Crippen molar-refractivity contribution in [2.75, 3.05) is 7.11 Å². The van der Waals surface area contributed by atoms with Crippen molar-refractivity contribution in [1.82, 2.24) is 4.37 Å². The molecule has 1 aromatic rings. The van der Waals surface area contributed by atoms with E-state index in [1.165, 1.54) is 11.5 Å². The van der Waals surface area contributed by atoms with Crippen LogP contribution in [0, 0.1) is 6.92 Å². The van der Waals surface area contributed by atoms with E-state index in [0.29, 0.717) is 10.2 Å². The predicted octanol–water partition coefficient (Wildman–Crippen LogP) is 2.11. The lowest BCUT2D eigenvalue weighted by Crippen LogP contribution is -1.82. The van der Waals surface area contributed by atoms with Gasteiger partial charge in [0.1, 0.15) is 4.34 Å². The molecule has 2 nitrogen and oxygen atoms in total. The van der Waals surface area contributed by atoms with Crippen molar-refractivity contribution < 1.29 is 4.74 Å². The number of methoxy groups -OCH3 is 1. The van der Waals surface area contributed by atoms with E-state index in [-0.39, 0.29) is 0 Å². The summed E-state index contributed by atoms with van der Waals surface area (Å²) in [6.07, 6.45) is 0. The van der Waals surface area contributed by atoms with Crippen LogP contribution in [-0.4, -0.2) is 11.5 Å². The maximum atomic E-state index is 5.68. The van der Waals surface area contributed by atoms with Gasteiger partial charge in [-0.2, -0.15) is 4.37 Å². The Kier molecular flexibility index (Phi) is 1.93. The topological polar surface area (TPSA) is 22.1 Å². The highest BCUT2D eigenvalue weighted by atomic mass is 35.5. The minimum atomic E-state index is 0.630. The fraction of sp³-hybridized carbons (Fsp3) is 0.400. The Balaban J connectivity index is 3.04. The average Bonchev–Trinajstić information content (AvgIpc) is 2.15. The van der Waals surface area contributed by atoms with Crippen molar-refractivity contribution in [3.8, 4) is 5.88 Å². The van der Waals surface area contributed by atoms with Crippen LogP contribution >= 0.6 is 23.1 Å². The number of ether oxygens (including phenoxy) is 1. The second-order valence-corrected chi connectivity index (χ2v) is 2.97. The lowest BCUT2D eigenvalue weighted by Gasteiger charge is -1.91. The summed E-state index contributed by atoms with van der Waals surface area (Å²) in [5.74, 6) is 0.630. The van der Waals surface area contributed by atoms with Gasteiger partial charge in [-0.25, -0.2) is 0 Å². The van der Waals surface area contributed by atoms with Gasteiger partial charge in [0.05, 0.1) is 7.11 Å². The van der Waals surface area contributed by atoms with E-state index in [0.717, 1.165) is 5.56 Å². The summed E-state index contributed by atoms with van der Waals surface area (Å²) in [6, 6.07) is 0. The zero-order valence-corrected chi connectivity index (χ0v) is 6.71. The Hall–Kier alpha value is -0.280. The molecule has 1 rings (SSSR count). The second-order valence-electron chi connectivity index (χ2n) is 1.59. The molecule has 0 amide bonds. The summed E-state index contributed by atoms with van der Waals surface area (Å²) in [7, 11) is 1.58. The van der Waals surface area contributed by atoms with E-state index < -0.39 is 0 Å². The SMILES string of the molecule is COc1nsc(Cl)c1C. The molecule has 0 aliphatic heterocycles. The van der Waals surface area contributed by atoms with Crippen molar-refractivity contribution >= 4 is 23.1 Å². The number of nitrogens with zero attached hydrogens (tertiary/aromatic N) is 1. The van der Waals surface area contributed by atoms with Crippen molar-refractivity contribution in [2.45, 2.75) is 6.92 Å². The molecule has 0 atom stereocenters. The van der Waals surface area contributed by atoms with Crippen LogP contribution in [0.5, 0.6) is 5.88 Å². The summed E-state index contributed by atoms with van der Waals surface area (Å²) >= 11 is 6.93. The van der Waals surface area contributed by atoms with Gasteiger partial charge in [-0.05, 0) is 18.5 Å². The molecule has 1 aromatic heterocycles. The second kappa shape index (κ2) is 2.54. The normalized spacial score (nSPS) is 9.67. The fourth-order valence-electron chi connectivity index (χ4n) is 0.493. The van der Waals surface area contributed by atoms with Gasteiger partial charge in [-0.1, -0.05) is 11.6 Å². The van der Waals surface area contributed by atoms with Crippen LogP contribution in [-0.2, 0) is 0 Å². The maximum Gasteiger partial charge on any atom is 0.229 e. The summed E-state index contributed by atoms with van der Waals surface area (Å²) in [5.41, 5.74) is 0.921. The molecule has 0 fully saturated rings. The molecule has 0 aliphatic carbocycles. The van der Waals surface area contributed by atoms with Crippen LogP contribution in [0.1, 0.15) is 5.56 Å². The summed E-state index contributed by atoms with van der Waals surface area (Å²) in [6.45, 7) is 1.88. The molecule has 1 heterocycles. The summed E-state index contributed by atoms with van der Waals surface area (Å²) in [4.78, 5) is 0. The molecule has 9 heavy (non-hydrogen) atoms. The number of halogens is 1.